The second kappa shape index (κ2) is 2.80. The molecule has 3 nitrogen and oxygen atoms in total. The highest BCUT2D eigenvalue weighted by molar-refractivity contribution is 6.31. The molecule has 57 valence electrons. The van der Waals surface area contributed by atoms with Crippen LogP contribution in [0, 0.1) is 0 Å². The second-order valence-corrected chi connectivity index (χ2v) is 2.44. The molecule has 1 aromatic rings. The minimum atomic E-state index is -0.752. The molecule has 1 amide bonds. The Morgan fingerprint density at radius 1 is 1.45 bits per heavy atom. The van der Waals surface area contributed by atoms with E-state index in [1.54, 1.807) is 0 Å². The van der Waals surface area contributed by atoms with Gasteiger partial charge in [-0.05, 0) is 18.2 Å². The molecule has 0 fully saturated rings. The summed E-state index contributed by atoms with van der Waals surface area (Å²) >= 11 is 5.51. The molecule has 0 heterocycles. The molecule has 0 saturated heterocycles. The summed E-state index contributed by atoms with van der Waals surface area (Å²) in [6, 6.07) is 3.88. The van der Waals surface area contributed by atoms with E-state index in [-0.39, 0.29) is 5.56 Å². The number of amides is 1. The van der Waals surface area contributed by atoms with E-state index in [2.05, 4.69) is 0 Å². The fraction of sp³-hybridized carbons (Fsp3) is 0. The molecule has 0 atom stereocenters. The van der Waals surface area contributed by atoms with Gasteiger partial charge in [0, 0.05) is 5.02 Å². The molecule has 0 saturated carbocycles. The maximum absolute atomic E-state index is 10.9. The first-order valence-corrected chi connectivity index (χ1v) is 3.25. The lowest BCUT2D eigenvalue weighted by Gasteiger charge is -1.96. The van der Waals surface area contributed by atoms with Crippen LogP contribution in [0.4, 0.5) is 0 Å². The minimum Gasteiger partial charge on any atom is -0.365 e. The first kappa shape index (κ1) is 7.88. The number of nitrogens with two attached hydrogens (primary N) is 1. The van der Waals surface area contributed by atoms with Gasteiger partial charge in [0.05, 0.1) is 5.56 Å². The minimum absolute atomic E-state index is 0.0718. The van der Waals surface area contributed by atoms with Gasteiger partial charge in [0.15, 0.2) is 5.75 Å². The van der Waals surface area contributed by atoms with E-state index in [0.29, 0.717) is 5.02 Å². The Labute approximate surface area is 68.4 Å². The number of primary amides is 1. The second-order valence-electron chi connectivity index (χ2n) is 2.00. The van der Waals surface area contributed by atoms with Crippen molar-refractivity contribution >= 4 is 17.5 Å². The molecule has 0 aliphatic rings. The summed E-state index contributed by atoms with van der Waals surface area (Å²) in [5.41, 5.74) is 4.81. The molecule has 4 heteroatoms. The molecule has 0 aliphatic heterocycles. The highest BCUT2D eigenvalue weighted by Crippen LogP contribution is 2.20. The van der Waals surface area contributed by atoms with Gasteiger partial charge in [-0.1, -0.05) is 11.6 Å². The zero-order valence-electron chi connectivity index (χ0n) is 5.50. The van der Waals surface area contributed by atoms with Crippen molar-refractivity contribution in [2.45, 2.75) is 0 Å². The average molecular weight is 171 g/mol. The Morgan fingerprint density at radius 2 is 2.09 bits per heavy atom. The maximum atomic E-state index is 10.9. The molecular weight excluding hydrogens is 166 g/mol. The van der Waals surface area contributed by atoms with Gasteiger partial charge in [0.2, 0.25) is 0 Å². The molecular formula is C7H5ClNO2. The molecule has 0 aromatic heterocycles. The third kappa shape index (κ3) is 1.62. The molecule has 1 rings (SSSR count). The van der Waals surface area contributed by atoms with Crippen molar-refractivity contribution in [3.05, 3.63) is 28.8 Å². The SMILES string of the molecule is NC(=O)c1cc(Cl)ccc1[O]. The van der Waals surface area contributed by atoms with Crippen LogP contribution >= 0.6 is 11.6 Å². The summed E-state index contributed by atoms with van der Waals surface area (Å²) in [6.45, 7) is 0. The predicted molar refractivity (Wildman–Crippen MR) is 40.1 cm³/mol. The lowest BCUT2D eigenvalue weighted by Crippen LogP contribution is -2.10. The van der Waals surface area contributed by atoms with Crippen LogP contribution in [0.2, 0.25) is 5.02 Å². The number of carbonyl (C=O) groups is 1. The topological polar surface area (TPSA) is 63.0 Å². The Bertz CT molecular complexity index is 298. The number of hydrogen-bond donors (Lipinski definition) is 1. The number of benzene rings is 1. The van der Waals surface area contributed by atoms with E-state index in [1.807, 2.05) is 0 Å². The van der Waals surface area contributed by atoms with Gasteiger partial charge in [-0.25, -0.2) is 0 Å². The monoisotopic (exact) mass is 170 g/mol. The van der Waals surface area contributed by atoms with E-state index in [4.69, 9.17) is 17.3 Å². The molecule has 11 heavy (non-hydrogen) atoms. The first-order valence-electron chi connectivity index (χ1n) is 2.87. The Hall–Kier alpha value is -1.22. The fourth-order valence-electron chi connectivity index (χ4n) is 0.695. The van der Waals surface area contributed by atoms with Crippen LogP contribution < -0.4 is 5.73 Å². The lowest BCUT2D eigenvalue weighted by atomic mass is 10.2. The highest BCUT2D eigenvalue weighted by atomic mass is 35.5. The zero-order valence-corrected chi connectivity index (χ0v) is 6.26. The normalized spacial score (nSPS) is 9.55. The molecule has 0 bridgehead atoms. The zero-order chi connectivity index (χ0) is 8.43. The van der Waals surface area contributed by atoms with Gasteiger partial charge < -0.3 is 5.73 Å². The molecule has 1 radical (unpaired) electrons. The molecule has 0 aliphatic carbocycles. The van der Waals surface area contributed by atoms with E-state index in [0.717, 1.165) is 0 Å². The first-order chi connectivity index (χ1) is 5.11. The van der Waals surface area contributed by atoms with Gasteiger partial charge >= 0.3 is 0 Å². The van der Waals surface area contributed by atoms with Crippen molar-refractivity contribution in [1.82, 2.24) is 0 Å². The van der Waals surface area contributed by atoms with Crippen LogP contribution in [0.15, 0.2) is 18.2 Å². The number of hydrogen-bond acceptors (Lipinski definition) is 1. The Balaban J connectivity index is 3.23. The van der Waals surface area contributed by atoms with E-state index >= 15 is 0 Å². The van der Waals surface area contributed by atoms with Crippen LogP contribution in [-0.4, -0.2) is 5.91 Å². The summed E-state index contributed by atoms with van der Waals surface area (Å²) < 4.78 is 0. The lowest BCUT2D eigenvalue weighted by molar-refractivity contribution is 0.0996. The van der Waals surface area contributed by atoms with Gasteiger partial charge in [-0.3, -0.25) is 9.90 Å². The summed E-state index contributed by atoms with van der Waals surface area (Å²) in [7, 11) is 0. The summed E-state index contributed by atoms with van der Waals surface area (Å²) in [5, 5.41) is 11.2. The van der Waals surface area contributed by atoms with Crippen molar-refractivity contribution in [3.63, 3.8) is 0 Å². The quantitative estimate of drug-likeness (QED) is 0.684. The van der Waals surface area contributed by atoms with Crippen LogP contribution in [-0.2, 0) is 5.11 Å². The molecule has 1 aromatic carbocycles. The Morgan fingerprint density at radius 3 is 2.55 bits per heavy atom. The average Bonchev–Trinajstić information content (AvgIpc) is 1.94. The van der Waals surface area contributed by atoms with Gasteiger partial charge in [0.1, 0.15) is 0 Å². The van der Waals surface area contributed by atoms with Gasteiger partial charge in [0.25, 0.3) is 5.91 Å². The van der Waals surface area contributed by atoms with E-state index < -0.39 is 11.7 Å². The van der Waals surface area contributed by atoms with Crippen LogP contribution in [0.5, 0.6) is 5.75 Å². The van der Waals surface area contributed by atoms with Crippen molar-refractivity contribution in [2.24, 2.45) is 5.73 Å². The summed E-state index contributed by atoms with van der Waals surface area (Å²) in [5.74, 6) is -1.15. The third-order valence-electron chi connectivity index (χ3n) is 1.21. The van der Waals surface area contributed by atoms with E-state index in [1.165, 1.54) is 18.2 Å². The fourth-order valence-corrected chi connectivity index (χ4v) is 0.867. The Kier molecular flexibility index (Phi) is 2.01. The summed E-state index contributed by atoms with van der Waals surface area (Å²) in [4.78, 5) is 10.5. The van der Waals surface area contributed by atoms with Crippen molar-refractivity contribution < 1.29 is 9.90 Å². The predicted octanol–water partition coefficient (Wildman–Crippen LogP) is 1.58. The highest BCUT2D eigenvalue weighted by Gasteiger charge is 2.08. The standard InChI is InChI=1S/C7H5ClNO2/c8-4-1-2-6(10)5(3-4)7(9)11/h1-3H,(H2,9,11). The van der Waals surface area contributed by atoms with Crippen molar-refractivity contribution in [1.29, 1.82) is 0 Å². The maximum Gasteiger partial charge on any atom is 0.252 e. The summed E-state index contributed by atoms with van der Waals surface area (Å²) in [6.07, 6.45) is 0. The van der Waals surface area contributed by atoms with Crippen LogP contribution in [0.1, 0.15) is 10.4 Å². The molecule has 0 unspecified atom stereocenters. The van der Waals surface area contributed by atoms with Crippen molar-refractivity contribution in [3.8, 4) is 5.75 Å². The number of carbonyl (C=O) groups excluding carboxylic acids is 1. The number of rotatable bonds is 1. The number of halogens is 1. The smallest absolute Gasteiger partial charge is 0.252 e. The van der Waals surface area contributed by atoms with Crippen LogP contribution in [0.25, 0.3) is 0 Å². The van der Waals surface area contributed by atoms with Gasteiger partial charge in [-0.2, -0.15) is 0 Å². The largest absolute Gasteiger partial charge is 0.365 e. The molecule has 2 N–H and O–H groups in total. The molecule has 0 spiro atoms. The van der Waals surface area contributed by atoms with Crippen molar-refractivity contribution in [2.75, 3.05) is 0 Å². The third-order valence-corrected chi connectivity index (χ3v) is 1.44. The van der Waals surface area contributed by atoms with E-state index in [9.17, 15) is 9.90 Å². The van der Waals surface area contributed by atoms with Gasteiger partial charge in [-0.15, -0.1) is 0 Å². The van der Waals surface area contributed by atoms with Crippen LogP contribution in [0.3, 0.4) is 0 Å².